The van der Waals surface area contributed by atoms with Gasteiger partial charge >= 0.3 is 0 Å². The second-order valence-corrected chi connectivity index (χ2v) is 3.95. The molecule has 3 heteroatoms. The molecule has 0 saturated carbocycles. The fourth-order valence-electron chi connectivity index (χ4n) is 1.20. The van der Waals surface area contributed by atoms with Crippen LogP contribution >= 0.6 is 0 Å². The van der Waals surface area contributed by atoms with Crippen LogP contribution in [0.3, 0.4) is 0 Å². The maximum Gasteiger partial charge on any atom is 0.161 e. The highest BCUT2D eigenvalue weighted by Gasteiger charge is 2.05. The van der Waals surface area contributed by atoms with Gasteiger partial charge in [-0.05, 0) is 25.1 Å². The molecule has 0 aliphatic rings. The van der Waals surface area contributed by atoms with Gasteiger partial charge in [-0.1, -0.05) is 26.0 Å². The predicted molar refractivity (Wildman–Crippen MR) is 65.9 cm³/mol. The van der Waals surface area contributed by atoms with Crippen molar-refractivity contribution < 1.29 is 9.47 Å². The lowest BCUT2D eigenvalue weighted by atomic mass is 10.2. The molecule has 0 heterocycles. The highest BCUT2D eigenvalue weighted by molar-refractivity contribution is 5.39. The molecule has 0 amide bonds. The van der Waals surface area contributed by atoms with E-state index in [9.17, 15) is 0 Å². The molecule has 1 aromatic rings. The lowest BCUT2D eigenvalue weighted by Crippen LogP contribution is -2.18. The molecule has 3 nitrogen and oxygen atoms in total. The summed E-state index contributed by atoms with van der Waals surface area (Å²) in [6, 6.07) is 7.75. The van der Waals surface area contributed by atoms with Crippen molar-refractivity contribution in [3.8, 4) is 11.5 Å². The first-order chi connectivity index (χ1) is 7.77. The quantitative estimate of drug-likeness (QED) is 0.772. The Labute approximate surface area is 97.6 Å². The van der Waals surface area contributed by atoms with Gasteiger partial charge in [0.2, 0.25) is 0 Å². The van der Waals surface area contributed by atoms with Gasteiger partial charge in [0.1, 0.15) is 0 Å². The molecule has 1 atom stereocenters. The first-order valence-electron chi connectivity index (χ1n) is 5.82. The lowest BCUT2D eigenvalue weighted by molar-refractivity contribution is 0.239. The van der Waals surface area contributed by atoms with E-state index in [2.05, 4.69) is 13.8 Å². The van der Waals surface area contributed by atoms with Crippen LogP contribution in [-0.2, 0) is 0 Å². The number of rotatable bonds is 7. The number of nitrogens with two attached hydrogens (primary N) is 1. The maximum absolute atomic E-state index is 5.68. The van der Waals surface area contributed by atoms with Crippen LogP contribution in [0.2, 0.25) is 0 Å². The topological polar surface area (TPSA) is 44.5 Å². The standard InChI is InChI=1S/C13H21NO2/c1-3-8-15-12-6-4-5-7-13(12)16-10-11(2)9-14/h4-7,11H,3,8-10,14H2,1-2H3. The minimum Gasteiger partial charge on any atom is -0.490 e. The SMILES string of the molecule is CCCOc1ccccc1OCC(C)CN. The molecule has 0 fully saturated rings. The smallest absolute Gasteiger partial charge is 0.161 e. The van der Waals surface area contributed by atoms with E-state index >= 15 is 0 Å². The summed E-state index contributed by atoms with van der Waals surface area (Å²) in [5.74, 6) is 1.98. The van der Waals surface area contributed by atoms with Crippen molar-refractivity contribution >= 4 is 0 Å². The third-order valence-corrected chi connectivity index (χ3v) is 2.24. The first kappa shape index (κ1) is 12.8. The largest absolute Gasteiger partial charge is 0.490 e. The summed E-state index contributed by atoms with van der Waals surface area (Å²) in [6.45, 7) is 6.13. The minimum absolute atomic E-state index is 0.360. The highest BCUT2D eigenvalue weighted by atomic mass is 16.5. The molecule has 0 radical (unpaired) electrons. The third kappa shape index (κ3) is 4.11. The second kappa shape index (κ2) is 7.12. The van der Waals surface area contributed by atoms with E-state index in [0.717, 1.165) is 17.9 Å². The molecule has 1 rings (SSSR count). The molecule has 0 bridgehead atoms. The van der Waals surface area contributed by atoms with Crippen LogP contribution in [0.15, 0.2) is 24.3 Å². The zero-order chi connectivity index (χ0) is 11.8. The fourth-order valence-corrected chi connectivity index (χ4v) is 1.20. The van der Waals surface area contributed by atoms with Gasteiger partial charge in [0.05, 0.1) is 13.2 Å². The fraction of sp³-hybridized carbons (Fsp3) is 0.538. The Balaban J connectivity index is 2.56. The van der Waals surface area contributed by atoms with Gasteiger partial charge < -0.3 is 15.2 Å². The van der Waals surface area contributed by atoms with E-state index in [1.165, 1.54) is 0 Å². The van der Waals surface area contributed by atoms with Crippen LogP contribution in [0.1, 0.15) is 20.3 Å². The maximum atomic E-state index is 5.68. The molecule has 0 aliphatic carbocycles. The number of ether oxygens (including phenoxy) is 2. The van der Waals surface area contributed by atoms with Crippen LogP contribution in [0.25, 0.3) is 0 Å². The summed E-state index contributed by atoms with van der Waals surface area (Å²) < 4.78 is 11.3. The van der Waals surface area contributed by atoms with Gasteiger partial charge in [0.15, 0.2) is 11.5 Å². The summed E-state index contributed by atoms with van der Waals surface area (Å²) in [5, 5.41) is 0. The predicted octanol–water partition coefficient (Wildman–Crippen LogP) is 2.45. The molecule has 0 spiro atoms. The highest BCUT2D eigenvalue weighted by Crippen LogP contribution is 2.26. The summed E-state index contributed by atoms with van der Waals surface area (Å²) in [5.41, 5.74) is 5.54. The Morgan fingerprint density at radius 3 is 2.38 bits per heavy atom. The van der Waals surface area contributed by atoms with Gasteiger partial charge in [0, 0.05) is 5.92 Å². The van der Waals surface area contributed by atoms with E-state index in [1.807, 2.05) is 24.3 Å². The molecule has 1 aromatic carbocycles. The first-order valence-corrected chi connectivity index (χ1v) is 5.82. The zero-order valence-corrected chi connectivity index (χ0v) is 10.1. The van der Waals surface area contributed by atoms with E-state index in [-0.39, 0.29) is 0 Å². The van der Waals surface area contributed by atoms with Crippen molar-refractivity contribution in [2.45, 2.75) is 20.3 Å². The Hall–Kier alpha value is -1.22. The van der Waals surface area contributed by atoms with Crippen molar-refractivity contribution in [2.75, 3.05) is 19.8 Å². The molecule has 2 N–H and O–H groups in total. The van der Waals surface area contributed by atoms with Crippen LogP contribution in [-0.4, -0.2) is 19.8 Å². The summed E-state index contributed by atoms with van der Waals surface area (Å²) in [6.07, 6.45) is 0.994. The van der Waals surface area contributed by atoms with Crippen molar-refractivity contribution in [3.05, 3.63) is 24.3 Å². The van der Waals surface area contributed by atoms with Crippen LogP contribution in [0, 0.1) is 5.92 Å². The molecule has 0 aromatic heterocycles. The molecular weight excluding hydrogens is 202 g/mol. The van der Waals surface area contributed by atoms with E-state index < -0.39 is 0 Å². The van der Waals surface area contributed by atoms with Gasteiger partial charge in [-0.15, -0.1) is 0 Å². The van der Waals surface area contributed by atoms with Gasteiger partial charge in [-0.25, -0.2) is 0 Å². The minimum atomic E-state index is 0.360. The third-order valence-electron chi connectivity index (χ3n) is 2.24. The van der Waals surface area contributed by atoms with Crippen molar-refractivity contribution in [3.63, 3.8) is 0 Å². The monoisotopic (exact) mass is 223 g/mol. The van der Waals surface area contributed by atoms with Crippen LogP contribution in [0.5, 0.6) is 11.5 Å². The number of para-hydroxylation sites is 2. The average Bonchev–Trinajstić information content (AvgIpc) is 2.34. The second-order valence-electron chi connectivity index (χ2n) is 3.95. The molecule has 0 aliphatic heterocycles. The number of hydrogen-bond acceptors (Lipinski definition) is 3. The normalized spacial score (nSPS) is 12.2. The van der Waals surface area contributed by atoms with E-state index in [1.54, 1.807) is 0 Å². The Bertz CT molecular complexity index is 302. The van der Waals surface area contributed by atoms with Gasteiger partial charge in [0.25, 0.3) is 0 Å². The van der Waals surface area contributed by atoms with Crippen molar-refractivity contribution in [1.29, 1.82) is 0 Å². The van der Waals surface area contributed by atoms with Crippen LogP contribution in [0.4, 0.5) is 0 Å². The van der Waals surface area contributed by atoms with Crippen molar-refractivity contribution in [2.24, 2.45) is 11.7 Å². The van der Waals surface area contributed by atoms with E-state index in [4.69, 9.17) is 15.2 Å². The molecular formula is C13H21NO2. The summed E-state index contributed by atoms with van der Waals surface area (Å²) in [4.78, 5) is 0. The van der Waals surface area contributed by atoms with Gasteiger partial charge in [-0.2, -0.15) is 0 Å². The summed E-state index contributed by atoms with van der Waals surface area (Å²) in [7, 11) is 0. The lowest BCUT2D eigenvalue weighted by Gasteiger charge is -2.14. The molecule has 16 heavy (non-hydrogen) atoms. The van der Waals surface area contributed by atoms with Crippen LogP contribution < -0.4 is 15.2 Å². The molecule has 90 valence electrons. The van der Waals surface area contributed by atoms with E-state index in [0.29, 0.717) is 25.7 Å². The summed E-state index contributed by atoms with van der Waals surface area (Å²) >= 11 is 0. The molecule has 1 unspecified atom stereocenters. The number of hydrogen-bond donors (Lipinski definition) is 1. The Kier molecular flexibility index (Phi) is 5.72. The zero-order valence-electron chi connectivity index (χ0n) is 10.1. The van der Waals surface area contributed by atoms with Crippen molar-refractivity contribution in [1.82, 2.24) is 0 Å². The molecule has 0 saturated heterocycles. The Morgan fingerprint density at radius 1 is 1.19 bits per heavy atom. The Morgan fingerprint density at radius 2 is 1.81 bits per heavy atom. The van der Waals surface area contributed by atoms with Gasteiger partial charge in [-0.3, -0.25) is 0 Å². The number of benzene rings is 1. The average molecular weight is 223 g/mol.